The molecule has 0 saturated carbocycles. The van der Waals surface area contributed by atoms with Gasteiger partial charge in [0, 0.05) is 28.4 Å². The van der Waals surface area contributed by atoms with Crippen molar-refractivity contribution in [3.05, 3.63) is 80.9 Å². The molecule has 0 amide bonds. The number of nitrogens with zero attached hydrogens (tertiary/aromatic N) is 3. The molecule has 0 atom stereocenters. The second kappa shape index (κ2) is 8.09. The molecule has 7 nitrogen and oxygen atoms in total. The van der Waals surface area contributed by atoms with Crippen LogP contribution in [0.2, 0.25) is 5.02 Å². The maximum absolute atomic E-state index is 11.1. The lowest BCUT2D eigenvalue weighted by Gasteiger charge is -2.18. The lowest BCUT2D eigenvalue weighted by molar-refractivity contribution is -0.385. The third-order valence-corrected chi connectivity index (χ3v) is 5.22. The normalized spacial score (nSPS) is 12.0. The van der Waals surface area contributed by atoms with Crippen LogP contribution in [0.15, 0.2) is 64.0 Å². The van der Waals surface area contributed by atoms with Gasteiger partial charge in [0.2, 0.25) is 11.6 Å². The molecule has 0 spiro atoms. The maximum Gasteiger partial charge on any atom is 0.312 e. The van der Waals surface area contributed by atoms with Crippen LogP contribution in [-0.4, -0.2) is 21.2 Å². The molecule has 0 unspecified atom stereocenters. The van der Waals surface area contributed by atoms with Gasteiger partial charge in [0.05, 0.1) is 10.6 Å². The van der Waals surface area contributed by atoms with Gasteiger partial charge in [-0.3, -0.25) is 15.1 Å². The Bertz CT molecular complexity index is 1350. The Kier molecular flexibility index (Phi) is 5.44. The zero-order valence-corrected chi connectivity index (χ0v) is 18.4. The Morgan fingerprint density at radius 2 is 1.84 bits per heavy atom. The van der Waals surface area contributed by atoms with Crippen molar-refractivity contribution in [2.45, 2.75) is 26.2 Å². The number of aliphatic imine (C=N–C) groups is 1. The molecule has 4 rings (SSSR count). The third-order valence-electron chi connectivity index (χ3n) is 5.00. The van der Waals surface area contributed by atoms with E-state index in [1.807, 2.05) is 12.1 Å². The first-order valence-corrected chi connectivity index (χ1v) is 10.2. The van der Waals surface area contributed by atoms with Crippen LogP contribution in [0, 0.1) is 10.1 Å². The predicted octanol–water partition coefficient (Wildman–Crippen LogP) is 6.81. The van der Waals surface area contributed by atoms with E-state index < -0.39 is 16.4 Å². The molecule has 0 aliphatic heterocycles. The highest BCUT2D eigenvalue weighted by Crippen LogP contribution is 2.33. The van der Waals surface area contributed by atoms with Crippen LogP contribution in [0.3, 0.4) is 0 Å². The number of nitro groups is 1. The second-order valence-corrected chi connectivity index (χ2v) is 8.81. The van der Waals surface area contributed by atoms with E-state index in [-0.39, 0.29) is 16.0 Å². The summed E-state index contributed by atoms with van der Waals surface area (Å²) in [4.78, 5) is 19.2. The molecule has 3 aromatic carbocycles. The number of phenols is 1. The number of hydrogen-bond donors (Lipinski definition) is 1. The van der Waals surface area contributed by atoms with Crippen molar-refractivity contribution >= 4 is 40.3 Å². The molecule has 1 N–H and O–H groups in total. The largest absolute Gasteiger partial charge is 0.502 e. The number of rotatable bonds is 4. The fourth-order valence-electron chi connectivity index (χ4n) is 3.22. The van der Waals surface area contributed by atoms with Crippen molar-refractivity contribution in [3.8, 4) is 17.2 Å². The Balaban J connectivity index is 1.64. The molecule has 4 aromatic rings. The molecule has 32 heavy (non-hydrogen) atoms. The van der Waals surface area contributed by atoms with E-state index in [4.69, 9.17) is 16.0 Å². The Hall–Kier alpha value is -3.71. The number of aromatic nitrogens is 1. The van der Waals surface area contributed by atoms with E-state index in [2.05, 4.69) is 42.9 Å². The summed E-state index contributed by atoms with van der Waals surface area (Å²) < 4.78 is 5.88. The van der Waals surface area contributed by atoms with Crippen molar-refractivity contribution in [3.63, 3.8) is 0 Å². The van der Waals surface area contributed by atoms with Crippen LogP contribution in [0.25, 0.3) is 22.6 Å². The van der Waals surface area contributed by atoms with E-state index in [9.17, 15) is 15.2 Å². The van der Waals surface area contributed by atoms with Crippen molar-refractivity contribution in [1.82, 2.24) is 4.98 Å². The van der Waals surface area contributed by atoms with Gasteiger partial charge in [-0.05, 0) is 47.4 Å². The molecule has 8 heteroatoms. The number of nitro benzene ring substituents is 1. The highest BCUT2D eigenvalue weighted by molar-refractivity contribution is 6.31. The number of hydrogen-bond acceptors (Lipinski definition) is 6. The number of halogens is 1. The lowest BCUT2D eigenvalue weighted by atomic mass is 9.87. The van der Waals surface area contributed by atoms with Crippen LogP contribution in [0.1, 0.15) is 31.9 Å². The standard InChI is InChI=1S/C24H20ClN3O4/c1-24(2,3)16-6-4-14(5-7-16)23-27-19-12-18(8-9-21(19)32-23)26-13-15-10-17(25)11-20(22(15)29)28(30)31/h4-13,29H,1-3H3. The predicted molar refractivity (Wildman–Crippen MR) is 125 cm³/mol. The lowest BCUT2D eigenvalue weighted by Crippen LogP contribution is -2.10. The van der Waals surface area contributed by atoms with Crippen LogP contribution in [0.5, 0.6) is 5.75 Å². The zero-order valence-electron chi connectivity index (χ0n) is 17.7. The molecule has 1 heterocycles. The van der Waals surface area contributed by atoms with Crippen molar-refractivity contribution in [1.29, 1.82) is 0 Å². The van der Waals surface area contributed by atoms with Crippen LogP contribution >= 0.6 is 11.6 Å². The van der Waals surface area contributed by atoms with Crippen LogP contribution in [0.4, 0.5) is 11.4 Å². The number of oxazole rings is 1. The summed E-state index contributed by atoms with van der Waals surface area (Å²) in [5.41, 5.74) is 3.59. The number of aromatic hydroxyl groups is 1. The first-order valence-electron chi connectivity index (χ1n) is 9.84. The average Bonchev–Trinajstić information content (AvgIpc) is 3.17. The molecule has 0 aliphatic carbocycles. The van der Waals surface area contributed by atoms with Crippen LogP contribution < -0.4 is 0 Å². The van der Waals surface area contributed by atoms with Gasteiger partial charge in [-0.25, -0.2) is 4.98 Å². The van der Waals surface area contributed by atoms with E-state index in [0.717, 1.165) is 11.6 Å². The highest BCUT2D eigenvalue weighted by Gasteiger charge is 2.18. The van der Waals surface area contributed by atoms with Gasteiger partial charge in [-0.2, -0.15) is 0 Å². The molecule has 0 radical (unpaired) electrons. The highest BCUT2D eigenvalue weighted by atomic mass is 35.5. The molecule has 0 saturated heterocycles. The monoisotopic (exact) mass is 449 g/mol. The topological polar surface area (TPSA) is 102 Å². The third kappa shape index (κ3) is 4.33. The summed E-state index contributed by atoms with van der Waals surface area (Å²) in [5, 5.41) is 21.3. The minimum atomic E-state index is -0.699. The number of phenolic OH excluding ortho intramolecular Hbond substituents is 1. The molecular weight excluding hydrogens is 430 g/mol. The Labute approximate surface area is 189 Å². The van der Waals surface area contributed by atoms with Crippen molar-refractivity contribution in [2.75, 3.05) is 0 Å². The van der Waals surface area contributed by atoms with Gasteiger partial charge in [0.1, 0.15) is 5.52 Å². The Morgan fingerprint density at radius 3 is 2.50 bits per heavy atom. The summed E-state index contributed by atoms with van der Waals surface area (Å²) in [6, 6.07) is 15.8. The number of fused-ring (bicyclic) bond motifs is 1. The minimum Gasteiger partial charge on any atom is -0.502 e. The van der Waals surface area contributed by atoms with Gasteiger partial charge >= 0.3 is 5.69 Å². The van der Waals surface area contributed by atoms with Gasteiger partial charge < -0.3 is 9.52 Å². The van der Waals surface area contributed by atoms with Crippen LogP contribution in [-0.2, 0) is 5.41 Å². The molecule has 0 bridgehead atoms. The molecule has 1 aromatic heterocycles. The fraction of sp³-hybridized carbons (Fsp3) is 0.167. The van der Waals surface area contributed by atoms with E-state index in [1.165, 1.54) is 17.8 Å². The van der Waals surface area contributed by atoms with Gasteiger partial charge in [0.15, 0.2) is 5.58 Å². The Morgan fingerprint density at radius 1 is 1.12 bits per heavy atom. The van der Waals surface area contributed by atoms with Crippen molar-refractivity contribution in [2.24, 2.45) is 4.99 Å². The van der Waals surface area contributed by atoms with Gasteiger partial charge in [-0.15, -0.1) is 0 Å². The summed E-state index contributed by atoms with van der Waals surface area (Å²) in [5.74, 6) is 0.0105. The summed E-state index contributed by atoms with van der Waals surface area (Å²) >= 11 is 5.92. The SMILES string of the molecule is CC(C)(C)c1ccc(-c2nc3cc(N=Cc4cc(Cl)cc([N+](=O)[O-])c4O)ccc3o2)cc1. The van der Waals surface area contributed by atoms with Gasteiger partial charge in [0.25, 0.3) is 0 Å². The smallest absolute Gasteiger partial charge is 0.312 e. The summed E-state index contributed by atoms with van der Waals surface area (Å²) in [6.45, 7) is 6.47. The average molecular weight is 450 g/mol. The second-order valence-electron chi connectivity index (χ2n) is 8.38. The minimum absolute atomic E-state index is 0.0601. The number of benzene rings is 3. The molecule has 0 fully saturated rings. The fourth-order valence-corrected chi connectivity index (χ4v) is 3.44. The van der Waals surface area contributed by atoms with Crippen molar-refractivity contribution < 1.29 is 14.4 Å². The summed E-state index contributed by atoms with van der Waals surface area (Å²) in [7, 11) is 0. The molecule has 162 valence electrons. The quantitative estimate of drug-likeness (QED) is 0.209. The molecule has 0 aliphatic rings. The van der Waals surface area contributed by atoms with Gasteiger partial charge in [-0.1, -0.05) is 44.5 Å². The molecular formula is C24H20ClN3O4. The summed E-state index contributed by atoms with van der Waals surface area (Å²) in [6.07, 6.45) is 1.32. The first-order chi connectivity index (χ1) is 15.1. The zero-order chi connectivity index (χ0) is 23.0. The first kappa shape index (κ1) is 21.5. The van der Waals surface area contributed by atoms with E-state index in [1.54, 1.807) is 18.2 Å². The van der Waals surface area contributed by atoms with E-state index in [0.29, 0.717) is 22.7 Å². The maximum atomic E-state index is 11.1. The van der Waals surface area contributed by atoms with E-state index >= 15 is 0 Å².